The fraction of sp³-hybridized carbons (Fsp3) is 0.250. The zero-order chi connectivity index (χ0) is 13.7. The number of anilines is 1. The van der Waals surface area contributed by atoms with Crippen LogP contribution >= 0.6 is 0 Å². The Hall–Kier alpha value is -2.16. The number of hydrogen-bond acceptors (Lipinski definition) is 2. The SMILES string of the molecule is CCc1cccc(C)c1NC(=O)Cc1ccccn1. The molecule has 0 aliphatic heterocycles. The van der Waals surface area contributed by atoms with Crippen molar-refractivity contribution in [3.8, 4) is 0 Å². The van der Waals surface area contributed by atoms with E-state index in [1.54, 1.807) is 6.20 Å². The van der Waals surface area contributed by atoms with E-state index in [0.29, 0.717) is 6.42 Å². The molecule has 3 heteroatoms. The van der Waals surface area contributed by atoms with Crippen LogP contribution in [0.25, 0.3) is 0 Å². The van der Waals surface area contributed by atoms with Crippen molar-refractivity contribution < 1.29 is 4.79 Å². The minimum absolute atomic E-state index is 0.0253. The van der Waals surface area contributed by atoms with E-state index >= 15 is 0 Å². The first kappa shape index (κ1) is 13.3. The second kappa shape index (κ2) is 6.14. The van der Waals surface area contributed by atoms with Gasteiger partial charge in [0.1, 0.15) is 0 Å². The Morgan fingerprint density at radius 1 is 1.21 bits per heavy atom. The normalized spacial score (nSPS) is 10.2. The number of pyridine rings is 1. The van der Waals surface area contributed by atoms with Crippen LogP contribution in [0.4, 0.5) is 5.69 Å². The largest absolute Gasteiger partial charge is 0.325 e. The number of aromatic nitrogens is 1. The summed E-state index contributed by atoms with van der Waals surface area (Å²) in [5, 5.41) is 3.00. The van der Waals surface area contributed by atoms with Crippen LogP contribution in [0.15, 0.2) is 42.6 Å². The van der Waals surface area contributed by atoms with E-state index in [2.05, 4.69) is 17.2 Å². The van der Waals surface area contributed by atoms with Gasteiger partial charge in [0, 0.05) is 17.6 Å². The Labute approximate surface area is 113 Å². The molecule has 2 aromatic rings. The third-order valence-electron chi connectivity index (χ3n) is 3.07. The number of rotatable bonds is 4. The van der Waals surface area contributed by atoms with Gasteiger partial charge in [-0.2, -0.15) is 0 Å². The van der Waals surface area contributed by atoms with Crippen molar-refractivity contribution in [1.82, 2.24) is 4.98 Å². The molecule has 0 bridgehead atoms. The van der Waals surface area contributed by atoms with Gasteiger partial charge in [-0.05, 0) is 36.6 Å². The molecule has 0 saturated heterocycles. The molecule has 0 atom stereocenters. The van der Waals surface area contributed by atoms with Crippen LogP contribution < -0.4 is 5.32 Å². The lowest BCUT2D eigenvalue weighted by Gasteiger charge is -2.12. The molecule has 0 spiro atoms. The molecule has 1 aromatic heterocycles. The first-order valence-electron chi connectivity index (χ1n) is 6.49. The third kappa shape index (κ3) is 3.41. The highest BCUT2D eigenvalue weighted by atomic mass is 16.1. The van der Waals surface area contributed by atoms with E-state index in [1.165, 1.54) is 0 Å². The Kier molecular flexibility index (Phi) is 4.29. The van der Waals surface area contributed by atoms with Crippen molar-refractivity contribution in [2.75, 3.05) is 5.32 Å². The summed E-state index contributed by atoms with van der Waals surface area (Å²) in [6, 6.07) is 11.7. The quantitative estimate of drug-likeness (QED) is 0.910. The monoisotopic (exact) mass is 254 g/mol. The number of benzene rings is 1. The highest BCUT2D eigenvalue weighted by Gasteiger charge is 2.09. The predicted molar refractivity (Wildman–Crippen MR) is 77.1 cm³/mol. The molecule has 0 fully saturated rings. The first-order valence-corrected chi connectivity index (χ1v) is 6.49. The highest BCUT2D eigenvalue weighted by Crippen LogP contribution is 2.21. The van der Waals surface area contributed by atoms with Crippen molar-refractivity contribution in [2.45, 2.75) is 26.7 Å². The van der Waals surface area contributed by atoms with Crippen LogP contribution in [0.5, 0.6) is 0 Å². The molecule has 0 aliphatic rings. The highest BCUT2D eigenvalue weighted by molar-refractivity contribution is 5.93. The predicted octanol–water partition coefficient (Wildman–Crippen LogP) is 3.13. The van der Waals surface area contributed by atoms with Gasteiger partial charge in [-0.25, -0.2) is 0 Å². The molecule has 0 unspecified atom stereocenters. The molecule has 1 heterocycles. The minimum atomic E-state index is -0.0253. The molecule has 19 heavy (non-hydrogen) atoms. The van der Waals surface area contributed by atoms with Gasteiger partial charge in [0.05, 0.1) is 6.42 Å². The molecule has 1 amide bonds. The van der Waals surface area contributed by atoms with Gasteiger partial charge in [-0.1, -0.05) is 31.2 Å². The molecule has 2 rings (SSSR count). The van der Waals surface area contributed by atoms with Crippen molar-refractivity contribution >= 4 is 11.6 Å². The van der Waals surface area contributed by atoms with E-state index in [0.717, 1.165) is 28.9 Å². The van der Waals surface area contributed by atoms with Gasteiger partial charge >= 0.3 is 0 Å². The van der Waals surface area contributed by atoms with Crippen LogP contribution in [-0.4, -0.2) is 10.9 Å². The molecular weight excluding hydrogens is 236 g/mol. The Morgan fingerprint density at radius 3 is 2.74 bits per heavy atom. The number of amides is 1. The molecule has 98 valence electrons. The summed E-state index contributed by atoms with van der Waals surface area (Å²) in [7, 11) is 0. The summed E-state index contributed by atoms with van der Waals surface area (Å²) in [5.74, 6) is -0.0253. The second-order valence-electron chi connectivity index (χ2n) is 4.51. The minimum Gasteiger partial charge on any atom is -0.325 e. The average molecular weight is 254 g/mol. The summed E-state index contributed by atoms with van der Waals surface area (Å²) in [6.07, 6.45) is 2.91. The number of hydrogen-bond donors (Lipinski definition) is 1. The lowest BCUT2D eigenvalue weighted by atomic mass is 10.1. The smallest absolute Gasteiger partial charge is 0.230 e. The van der Waals surface area contributed by atoms with E-state index in [1.807, 2.05) is 43.3 Å². The van der Waals surface area contributed by atoms with Gasteiger partial charge in [-0.3, -0.25) is 9.78 Å². The fourth-order valence-corrected chi connectivity index (χ4v) is 2.05. The zero-order valence-corrected chi connectivity index (χ0v) is 11.3. The summed E-state index contributed by atoms with van der Waals surface area (Å²) in [5.41, 5.74) is 3.97. The third-order valence-corrected chi connectivity index (χ3v) is 3.07. The summed E-state index contributed by atoms with van der Waals surface area (Å²) in [4.78, 5) is 16.2. The Balaban J connectivity index is 2.11. The molecule has 3 nitrogen and oxygen atoms in total. The Morgan fingerprint density at radius 2 is 2.05 bits per heavy atom. The number of aryl methyl sites for hydroxylation is 2. The molecular formula is C16H18N2O. The summed E-state index contributed by atoms with van der Waals surface area (Å²) >= 11 is 0. The van der Waals surface area contributed by atoms with Crippen molar-refractivity contribution in [3.63, 3.8) is 0 Å². The van der Waals surface area contributed by atoms with E-state index in [-0.39, 0.29) is 5.91 Å². The maximum atomic E-state index is 12.1. The second-order valence-corrected chi connectivity index (χ2v) is 4.51. The number of carbonyl (C=O) groups is 1. The first-order chi connectivity index (χ1) is 9.20. The Bertz CT molecular complexity index is 564. The van der Waals surface area contributed by atoms with Gasteiger partial charge in [0.25, 0.3) is 0 Å². The van der Waals surface area contributed by atoms with Gasteiger partial charge in [0.2, 0.25) is 5.91 Å². The average Bonchev–Trinajstić information content (AvgIpc) is 2.42. The van der Waals surface area contributed by atoms with Crippen LogP contribution in [0, 0.1) is 6.92 Å². The van der Waals surface area contributed by atoms with Crippen LogP contribution in [0.1, 0.15) is 23.7 Å². The van der Waals surface area contributed by atoms with E-state index in [9.17, 15) is 4.79 Å². The van der Waals surface area contributed by atoms with E-state index < -0.39 is 0 Å². The number of carbonyl (C=O) groups excluding carboxylic acids is 1. The standard InChI is InChI=1S/C16H18N2O/c1-3-13-8-6-7-12(2)16(13)18-15(19)11-14-9-4-5-10-17-14/h4-10H,3,11H2,1-2H3,(H,18,19). The van der Waals surface area contributed by atoms with Crippen molar-refractivity contribution in [1.29, 1.82) is 0 Å². The number of nitrogens with one attached hydrogen (secondary N) is 1. The molecule has 0 aliphatic carbocycles. The van der Waals surface area contributed by atoms with Crippen LogP contribution in [0.2, 0.25) is 0 Å². The molecule has 0 saturated carbocycles. The maximum absolute atomic E-state index is 12.1. The summed E-state index contributed by atoms with van der Waals surface area (Å²) in [6.45, 7) is 4.10. The van der Waals surface area contributed by atoms with Gasteiger partial charge in [0.15, 0.2) is 0 Å². The lowest BCUT2D eigenvalue weighted by molar-refractivity contribution is -0.115. The number of nitrogens with zero attached hydrogens (tertiary/aromatic N) is 1. The zero-order valence-electron chi connectivity index (χ0n) is 11.3. The molecule has 1 aromatic carbocycles. The summed E-state index contributed by atoms with van der Waals surface area (Å²) < 4.78 is 0. The van der Waals surface area contributed by atoms with Crippen LogP contribution in [-0.2, 0) is 17.6 Å². The molecule has 1 N–H and O–H groups in total. The topological polar surface area (TPSA) is 42.0 Å². The fourth-order valence-electron chi connectivity index (χ4n) is 2.05. The lowest BCUT2D eigenvalue weighted by Crippen LogP contribution is -2.17. The molecule has 0 radical (unpaired) electrons. The van der Waals surface area contributed by atoms with Gasteiger partial charge in [-0.15, -0.1) is 0 Å². The number of para-hydroxylation sites is 1. The van der Waals surface area contributed by atoms with Crippen LogP contribution in [0.3, 0.4) is 0 Å². The maximum Gasteiger partial charge on any atom is 0.230 e. The van der Waals surface area contributed by atoms with Crippen molar-refractivity contribution in [2.24, 2.45) is 0 Å². The van der Waals surface area contributed by atoms with Gasteiger partial charge < -0.3 is 5.32 Å². The van der Waals surface area contributed by atoms with E-state index in [4.69, 9.17) is 0 Å². The van der Waals surface area contributed by atoms with Crippen molar-refractivity contribution in [3.05, 3.63) is 59.4 Å².